The molecule has 2 aliphatic heterocycles. The molecule has 6 nitrogen and oxygen atoms in total. The number of amides is 1. The minimum Gasteiger partial charge on any atom is -0.490 e. The molecule has 0 saturated carbocycles. The van der Waals surface area contributed by atoms with Crippen LogP contribution in [0.4, 0.5) is 0 Å². The zero-order valence-corrected chi connectivity index (χ0v) is 15.7. The van der Waals surface area contributed by atoms with Crippen LogP contribution in [0, 0.1) is 0 Å². The standard InChI is InChI=1S/C21H28N4O2/c26-21(17-23-11-1-2-12-23)25-13-5-18(6-14-25)24-15-7-20(8-16-24)27-19-3-9-22-10-4-19/h1-4,9-12,18,20H,5-8,13-17H2. The molecule has 0 N–H and O–H groups in total. The van der Waals surface area contributed by atoms with Gasteiger partial charge in [0.1, 0.15) is 18.4 Å². The fourth-order valence-electron chi connectivity index (χ4n) is 4.18. The van der Waals surface area contributed by atoms with Gasteiger partial charge in [0.2, 0.25) is 5.91 Å². The minimum atomic E-state index is 0.231. The zero-order valence-electron chi connectivity index (χ0n) is 15.7. The van der Waals surface area contributed by atoms with Crippen molar-refractivity contribution in [2.75, 3.05) is 26.2 Å². The SMILES string of the molecule is O=C(Cn1cccc1)N1CCC(N2CCC(Oc3ccncc3)CC2)CC1. The van der Waals surface area contributed by atoms with E-state index in [1.807, 2.05) is 46.1 Å². The molecule has 2 fully saturated rings. The Kier molecular flexibility index (Phi) is 5.72. The molecule has 2 aromatic rings. The van der Waals surface area contributed by atoms with Gasteiger partial charge in [0, 0.05) is 57.0 Å². The van der Waals surface area contributed by atoms with Crippen LogP contribution < -0.4 is 4.74 Å². The molecule has 2 aliphatic rings. The van der Waals surface area contributed by atoms with Crippen molar-refractivity contribution in [3.05, 3.63) is 49.1 Å². The number of hydrogen-bond donors (Lipinski definition) is 0. The minimum absolute atomic E-state index is 0.231. The van der Waals surface area contributed by atoms with Crippen LogP contribution >= 0.6 is 0 Å². The van der Waals surface area contributed by atoms with Gasteiger partial charge in [-0.1, -0.05) is 0 Å². The van der Waals surface area contributed by atoms with E-state index < -0.39 is 0 Å². The lowest BCUT2D eigenvalue weighted by Crippen LogP contribution is -2.50. The third kappa shape index (κ3) is 4.69. The highest BCUT2D eigenvalue weighted by molar-refractivity contribution is 5.76. The maximum absolute atomic E-state index is 12.4. The number of piperidine rings is 2. The van der Waals surface area contributed by atoms with Gasteiger partial charge in [-0.2, -0.15) is 0 Å². The Bertz CT molecular complexity index is 703. The van der Waals surface area contributed by atoms with Crippen LogP contribution in [0.25, 0.3) is 0 Å². The van der Waals surface area contributed by atoms with Gasteiger partial charge in [-0.3, -0.25) is 14.7 Å². The molecule has 0 aliphatic carbocycles. The Labute approximate surface area is 160 Å². The van der Waals surface area contributed by atoms with Gasteiger partial charge in [0.25, 0.3) is 0 Å². The Morgan fingerprint density at radius 2 is 1.67 bits per heavy atom. The predicted octanol–water partition coefficient (Wildman–Crippen LogP) is 2.42. The lowest BCUT2D eigenvalue weighted by Gasteiger charge is -2.41. The summed E-state index contributed by atoms with van der Waals surface area (Å²) in [6.45, 7) is 4.36. The molecule has 0 bridgehead atoms. The number of carbonyl (C=O) groups excluding carboxylic acids is 1. The number of ether oxygens (including phenoxy) is 1. The first-order chi connectivity index (χ1) is 13.3. The normalized spacial score (nSPS) is 19.9. The molecular formula is C21H28N4O2. The molecule has 0 radical (unpaired) electrons. The molecule has 4 heterocycles. The van der Waals surface area contributed by atoms with Gasteiger partial charge in [-0.05, 0) is 49.9 Å². The van der Waals surface area contributed by atoms with Gasteiger partial charge >= 0.3 is 0 Å². The van der Waals surface area contributed by atoms with Crippen molar-refractivity contribution in [3.8, 4) is 5.75 Å². The highest BCUT2D eigenvalue weighted by Gasteiger charge is 2.30. The van der Waals surface area contributed by atoms with E-state index in [0.717, 1.165) is 57.6 Å². The first-order valence-electron chi connectivity index (χ1n) is 9.97. The first-order valence-corrected chi connectivity index (χ1v) is 9.97. The van der Waals surface area contributed by atoms with Crippen molar-refractivity contribution in [2.45, 2.75) is 44.4 Å². The average Bonchev–Trinajstić information content (AvgIpc) is 3.22. The van der Waals surface area contributed by atoms with Crippen molar-refractivity contribution in [1.29, 1.82) is 0 Å². The van der Waals surface area contributed by atoms with Crippen LogP contribution in [0.3, 0.4) is 0 Å². The lowest BCUT2D eigenvalue weighted by atomic mass is 9.98. The molecule has 2 aromatic heterocycles. The van der Waals surface area contributed by atoms with Crippen molar-refractivity contribution >= 4 is 5.91 Å². The number of rotatable bonds is 5. The molecule has 1 amide bonds. The summed E-state index contributed by atoms with van der Waals surface area (Å²) in [5.74, 6) is 1.15. The molecular weight excluding hydrogens is 340 g/mol. The zero-order chi connectivity index (χ0) is 18.5. The number of nitrogens with zero attached hydrogens (tertiary/aromatic N) is 4. The second kappa shape index (κ2) is 8.57. The monoisotopic (exact) mass is 368 g/mol. The fourth-order valence-corrected chi connectivity index (χ4v) is 4.18. The number of aromatic nitrogens is 2. The molecule has 6 heteroatoms. The third-order valence-electron chi connectivity index (χ3n) is 5.75. The Morgan fingerprint density at radius 1 is 1.00 bits per heavy atom. The quantitative estimate of drug-likeness (QED) is 0.813. The Hall–Kier alpha value is -2.34. The van der Waals surface area contributed by atoms with E-state index >= 15 is 0 Å². The van der Waals surface area contributed by atoms with E-state index in [0.29, 0.717) is 18.7 Å². The number of likely N-dealkylation sites (tertiary alicyclic amines) is 2. The molecule has 0 atom stereocenters. The van der Waals surface area contributed by atoms with Crippen LogP contribution in [-0.2, 0) is 11.3 Å². The number of pyridine rings is 1. The summed E-state index contributed by atoms with van der Waals surface area (Å²) in [5.41, 5.74) is 0. The maximum Gasteiger partial charge on any atom is 0.242 e. The van der Waals surface area contributed by atoms with E-state index in [2.05, 4.69) is 9.88 Å². The van der Waals surface area contributed by atoms with Crippen LogP contribution in [0.15, 0.2) is 49.1 Å². The number of carbonyl (C=O) groups is 1. The smallest absolute Gasteiger partial charge is 0.242 e. The summed E-state index contributed by atoms with van der Waals surface area (Å²) in [6.07, 6.45) is 12.0. The van der Waals surface area contributed by atoms with E-state index in [1.54, 1.807) is 12.4 Å². The second-order valence-electron chi connectivity index (χ2n) is 7.50. The molecule has 0 aromatic carbocycles. The molecule has 0 unspecified atom stereocenters. The summed E-state index contributed by atoms with van der Waals surface area (Å²) < 4.78 is 8.01. The van der Waals surface area contributed by atoms with E-state index in [1.165, 1.54) is 0 Å². The largest absolute Gasteiger partial charge is 0.490 e. The fraction of sp³-hybridized carbons (Fsp3) is 0.524. The van der Waals surface area contributed by atoms with Crippen LogP contribution in [0.2, 0.25) is 0 Å². The maximum atomic E-state index is 12.4. The van der Waals surface area contributed by atoms with Crippen molar-refractivity contribution in [1.82, 2.24) is 19.4 Å². The lowest BCUT2D eigenvalue weighted by molar-refractivity contribution is -0.133. The Balaban J connectivity index is 1.20. The van der Waals surface area contributed by atoms with Gasteiger partial charge in [-0.25, -0.2) is 0 Å². The molecule has 0 spiro atoms. The van der Waals surface area contributed by atoms with Gasteiger partial charge in [0.15, 0.2) is 0 Å². The van der Waals surface area contributed by atoms with E-state index in [9.17, 15) is 4.79 Å². The first kappa shape index (κ1) is 18.0. The highest BCUT2D eigenvalue weighted by atomic mass is 16.5. The summed E-state index contributed by atoms with van der Waals surface area (Å²) >= 11 is 0. The van der Waals surface area contributed by atoms with Crippen LogP contribution in [-0.4, -0.2) is 63.6 Å². The average molecular weight is 368 g/mol. The summed E-state index contributed by atoms with van der Waals surface area (Å²) in [6, 6.07) is 8.37. The summed E-state index contributed by atoms with van der Waals surface area (Å²) in [7, 11) is 0. The predicted molar refractivity (Wildman–Crippen MR) is 103 cm³/mol. The highest BCUT2D eigenvalue weighted by Crippen LogP contribution is 2.23. The van der Waals surface area contributed by atoms with E-state index in [4.69, 9.17) is 4.74 Å². The molecule has 27 heavy (non-hydrogen) atoms. The van der Waals surface area contributed by atoms with E-state index in [-0.39, 0.29) is 5.91 Å². The molecule has 144 valence electrons. The second-order valence-corrected chi connectivity index (χ2v) is 7.50. The number of hydrogen-bond acceptors (Lipinski definition) is 4. The van der Waals surface area contributed by atoms with Gasteiger partial charge in [-0.15, -0.1) is 0 Å². The Morgan fingerprint density at radius 3 is 2.33 bits per heavy atom. The van der Waals surface area contributed by atoms with Gasteiger partial charge < -0.3 is 14.2 Å². The van der Waals surface area contributed by atoms with Crippen molar-refractivity contribution in [3.63, 3.8) is 0 Å². The summed E-state index contributed by atoms with van der Waals surface area (Å²) in [4.78, 5) is 21.1. The molecule has 2 saturated heterocycles. The summed E-state index contributed by atoms with van der Waals surface area (Å²) in [5, 5.41) is 0. The van der Waals surface area contributed by atoms with Crippen molar-refractivity contribution in [2.24, 2.45) is 0 Å². The topological polar surface area (TPSA) is 50.6 Å². The van der Waals surface area contributed by atoms with Crippen LogP contribution in [0.1, 0.15) is 25.7 Å². The van der Waals surface area contributed by atoms with Crippen LogP contribution in [0.5, 0.6) is 5.75 Å². The molecule has 4 rings (SSSR count). The van der Waals surface area contributed by atoms with Gasteiger partial charge in [0.05, 0.1) is 0 Å². The van der Waals surface area contributed by atoms with Crippen molar-refractivity contribution < 1.29 is 9.53 Å². The third-order valence-corrected chi connectivity index (χ3v) is 5.75.